The number of likely N-dealkylation sites (tertiary alicyclic amines) is 1. The summed E-state index contributed by atoms with van der Waals surface area (Å²) >= 11 is 0. The smallest absolute Gasteiger partial charge is 0.323 e. The normalized spacial score (nSPS) is 22.5. The molecule has 5 heteroatoms. The summed E-state index contributed by atoms with van der Waals surface area (Å²) in [6, 6.07) is 9.98. The van der Waals surface area contributed by atoms with Crippen molar-refractivity contribution in [3.05, 3.63) is 48.3 Å². The molecule has 1 atom stereocenters. The van der Waals surface area contributed by atoms with Crippen molar-refractivity contribution in [2.24, 2.45) is 0 Å². The van der Waals surface area contributed by atoms with Gasteiger partial charge in [0.25, 0.3) is 0 Å². The van der Waals surface area contributed by atoms with Crippen molar-refractivity contribution >= 4 is 5.97 Å². The molecule has 1 aromatic carbocycles. The van der Waals surface area contributed by atoms with Gasteiger partial charge in [0, 0.05) is 18.9 Å². The van der Waals surface area contributed by atoms with Crippen molar-refractivity contribution in [2.45, 2.75) is 31.8 Å². The van der Waals surface area contributed by atoms with Gasteiger partial charge in [0.15, 0.2) is 0 Å². The quantitative estimate of drug-likeness (QED) is 0.936. The van der Waals surface area contributed by atoms with Crippen LogP contribution in [0.1, 0.15) is 25.3 Å². The van der Waals surface area contributed by atoms with E-state index in [1.807, 2.05) is 43.5 Å². The number of carbonyl (C=O) groups is 1. The highest BCUT2D eigenvalue weighted by Crippen LogP contribution is 2.30. The monoisotopic (exact) mass is 285 g/mol. The summed E-state index contributed by atoms with van der Waals surface area (Å²) in [4.78, 5) is 13.5. The predicted octanol–water partition coefficient (Wildman–Crippen LogP) is 2.31. The Kier molecular flexibility index (Phi) is 3.51. The molecule has 1 aliphatic rings. The molecular weight excluding hydrogens is 266 g/mol. The zero-order valence-corrected chi connectivity index (χ0v) is 12.1. The summed E-state index contributed by atoms with van der Waals surface area (Å²) < 4.78 is 1.81. The molecule has 0 saturated carbocycles. The topological polar surface area (TPSA) is 58.4 Å². The van der Waals surface area contributed by atoms with Crippen LogP contribution in [0.2, 0.25) is 0 Å². The number of benzene rings is 1. The van der Waals surface area contributed by atoms with E-state index in [-0.39, 0.29) is 0 Å². The molecule has 3 rings (SSSR count). The van der Waals surface area contributed by atoms with Crippen molar-refractivity contribution in [1.29, 1.82) is 0 Å². The molecular formula is C16H19N3O2. The lowest BCUT2D eigenvalue weighted by atomic mass is 9.99. The van der Waals surface area contributed by atoms with Crippen LogP contribution in [-0.4, -0.2) is 37.8 Å². The van der Waals surface area contributed by atoms with Gasteiger partial charge in [-0.2, -0.15) is 5.10 Å². The average Bonchev–Trinajstić information content (AvgIpc) is 3.11. The number of hydrogen-bond acceptors (Lipinski definition) is 3. The predicted molar refractivity (Wildman–Crippen MR) is 79.2 cm³/mol. The second kappa shape index (κ2) is 5.33. The lowest BCUT2D eigenvalue weighted by Crippen LogP contribution is -2.47. The number of aliphatic carboxylic acids is 1. The molecule has 0 aliphatic carbocycles. The van der Waals surface area contributed by atoms with Gasteiger partial charge in [-0.1, -0.05) is 12.1 Å². The third kappa shape index (κ3) is 2.56. The maximum Gasteiger partial charge on any atom is 0.323 e. The highest BCUT2D eigenvalue weighted by molar-refractivity contribution is 5.78. The van der Waals surface area contributed by atoms with Crippen molar-refractivity contribution in [3.8, 4) is 5.69 Å². The molecule has 0 bridgehead atoms. The van der Waals surface area contributed by atoms with E-state index in [4.69, 9.17) is 0 Å². The fourth-order valence-corrected chi connectivity index (χ4v) is 2.91. The Hall–Kier alpha value is -2.14. The average molecular weight is 285 g/mol. The molecule has 1 fully saturated rings. The van der Waals surface area contributed by atoms with E-state index >= 15 is 0 Å². The molecule has 1 aliphatic heterocycles. The van der Waals surface area contributed by atoms with Gasteiger partial charge >= 0.3 is 5.97 Å². The van der Waals surface area contributed by atoms with Gasteiger partial charge < -0.3 is 5.11 Å². The molecule has 0 amide bonds. The maximum absolute atomic E-state index is 11.5. The van der Waals surface area contributed by atoms with Crippen molar-refractivity contribution in [3.63, 3.8) is 0 Å². The number of carboxylic acid groups (broad SMARTS) is 1. The minimum Gasteiger partial charge on any atom is -0.480 e. The lowest BCUT2D eigenvalue weighted by Gasteiger charge is -2.31. The standard InChI is InChI=1S/C16H19N3O2/c1-16(15(20)21)8-2-10-18(16)12-13-4-6-14(7-5-13)19-11-3-9-17-19/h3-7,9,11H,2,8,10,12H2,1H3,(H,20,21). The fraction of sp³-hybridized carbons (Fsp3) is 0.375. The number of carboxylic acids is 1. The summed E-state index contributed by atoms with van der Waals surface area (Å²) in [6.45, 7) is 3.33. The molecule has 1 aromatic heterocycles. The summed E-state index contributed by atoms with van der Waals surface area (Å²) in [7, 11) is 0. The van der Waals surface area contributed by atoms with E-state index in [1.165, 1.54) is 0 Å². The van der Waals surface area contributed by atoms with Crippen LogP contribution in [0.25, 0.3) is 5.69 Å². The van der Waals surface area contributed by atoms with Gasteiger partial charge in [-0.3, -0.25) is 9.69 Å². The Morgan fingerprint density at radius 2 is 2.14 bits per heavy atom. The first kappa shape index (κ1) is 13.8. The molecule has 0 radical (unpaired) electrons. The Morgan fingerprint density at radius 1 is 1.38 bits per heavy atom. The fourth-order valence-electron chi connectivity index (χ4n) is 2.91. The van der Waals surface area contributed by atoms with Gasteiger partial charge in [-0.25, -0.2) is 4.68 Å². The minimum absolute atomic E-state index is 0.669. The van der Waals surface area contributed by atoms with Crippen LogP contribution in [0.15, 0.2) is 42.7 Å². The SMILES string of the molecule is CC1(C(=O)O)CCCN1Cc1ccc(-n2cccn2)cc1. The second-order valence-electron chi connectivity index (χ2n) is 5.72. The summed E-state index contributed by atoms with van der Waals surface area (Å²) in [5.74, 6) is -0.729. The van der Waals surface area contributed by atoms with Crippen LogP contribution in [0, 0.1) is 0 Å². The Morgan fingerprint density at radius 3 is 2.76 bits per heavy atom. The van der Waals surface area contributed by atoms with Crippen LogP contribution in [0.5, 0.6) is 0 Å². The molecule has 110 valence electrons. The summed E-state index contributed by atoms with van der Waals surface area (Å²) in [5, 5.41) is 13.6. The van der Waals surface area contributed by atoms with Crippen LogP contribution in [0.4, 0.5) is 0 Å². The largest absolute Gasteiger partial charge is 0.480 e. The zero-order chi connectivity index (χ0) is 14.9. The first-order valence-corrected chi connectivity index (χ1v) is 7.17. The number of hydrogen-bond donors (Lipinski definition) is 1. The summed E-state index contributed by atoms with van der Waals surface area (Å²) in [5.41, 5.74) is 1.40. The van der Waals surface area contributed by atoms with Gasteiger partial charge in [0.05, 0.1) is 5.69 Å². The lowest BCUT2D eigenvalue weighted by molar-refractivity contribution is -0.148. The van der Waals surface area contributed by atoms with Crippen LogP contribution in [0.3, 0.4) is 0 Å². The maximum atomic E-state index is 11.5. The Labute approximate surface area is 123 Å². The molecule has 2 aromatic rings. The second-order valence-corrected chi connectivity index (χ2v) is 5.72. The highest BCUT2D eigenvalue weighted by Gasteiger charge is 2.42. The molecule has 1 unspecified atom stereocenters. The highest BCUT2D eigenvalue weighted by atomic mass is 16.4. The van der Waals surface area contributed by atoms with Crippen LogP contribution >= 0.6 is 0 Å². The van der Waals surface area contributed by atoms with E-state index in [0.29, 0.717) is 13.0 Å². The molecule has 5 nitrogen and oxygen atoms in total. The first-order valence-electron chi connectivity index (χ1n) is 7.17. The van der Waals surface area contributed by atoms with E-state index in [1.54, 1.807) is 10.9 Å². The molecule has 1 saturated heterocycles. The van der Waals surface area contributed by atoms with Crippen molar-refractivity contribution in [2.75, 3.05) is 6.54 Å². The van der Waals surface area contributed by atoms with E-state index in [2.05, 4.69) is 10.00 Å². The Bertz CT molecular complexity index is 621. The Balaban J connectivity index is 1.75. The number of aromatic nitrogens is 2. The van der Waals surface area contributed by atoms with Crippen molar-refractivity contribution in [1.82, 2.24) is 14.7 Å². The number of rotatable bonds is 4. The third-order valence-corrected chi connectivity index (χ3v) is 4.33. The number of nitrogens with zero attached hydrogens (tertiary/aromatic N) is 3. The first-order chi connectivity index (χ1) is 10.1. The van der Waals surface area contributed by atoms with E-state index in [9.17, 15) is 9.90 Å². The van der Waals surface area contributed by atoms with Gasteiger partial charge in [-0.15, -0.1) is 0 Å². The minimum atomic E-state index is -0.735. The molecule has 21 heavy (non-hydrogen) atoms. The van der Waals surface area contributed by atoms with Crippen LogP contribution < -0.4 is 0 Å². The summed E-state index contributed by atoms with van der Waals surface area (Å²) in [6.07, 6.45) is 5.30. The zero-order valence-electron chi connectivity index (χ0n) is 12.1. The van der Waals surface area contributed by atoms with Gasteiger partial charge in [0.1, 0.15) is 5.54 Å². The molecule has 0 spiro atoms. The van der Waals surface area contributed by atoms with Crippen molar-refractivity contribution < 1.29 is 9.90 Å². The van der Waals surface area contributed by atoms with Gasteiger partial charge in [0.2, 0.25) is 0 Å². The molecule has 2 heterocycles. The third-order valence-electron chi connectivity index (χ3n) is 4.33. The van der Waals surface area contributed by atoms with Gasteiger partial charge in [-0.05, 0) is 50.1 Å². The molecule has 1 N–H and O–H groups in total. The van der Waals surface area contributed by atoms with E-state index < -0.39 is 11.5 Å². The van der Waals surface area contributed by atoms with E-state index in [0.717, 1.165) is 24.2 Å². The van der Waals surface area contributed by atoms with Crippen LogP contribution in [-0.2, 0) is 11.3 Å².